The van der Waals surface area contributed by atoms with E-state index in [1.807, 2.05) is 30.5 Å². The summed E-state index contributed by atoms with van der Waals surface area (Å²) < 4.78 is 0. The minimum atomic E-state index is 0.0236. The van der Waals surface area contributed by atoms with Gasteiger partial charge in [-0.25, -0.2) is 0 Å². The Morgan fingerprint density at radius 3 is 2.20 bits per heavy atom. The van der Waals surface area contributed by atoms with Gasteiger partial charge in [0, 0.05) is 16.5 Å². The zero-order valence-corrected chi connectivity index (χ0v) is 12.2. The number of nitrogens with one attached hydrogen (secondary N) is 1. The standard InChI is InChI=1S/C17H17NOS/c1-20-16-8-6-12(7-9-16)17(19)18-15-10-13-4-2-3-5-14(13)11-15/h2-9,15H,10-11H2,1H3,(H,18,19). The van der Waals surface area contributed by atoms with Crippen LogP contribution in [0.25, 0.3) is 0 Å². The average Bonchev–Trinajstić information content (AvgIpc) is 2.89. The Balaban J connectivity index is 1.65. The number of amides is 1. The van der Waals surface area contributed by atoms with E-state index >= 15 is 0 Å². The summed E-state index contributed by atoms with van der Waals surface area (Å²) >= 11 is 1.68. The molecule has 0 bridgehead atoms. The lowest BCUT2D eigenvalue weighted by atomic mass is 10.1. The molecule has 0 saturated heterocycles. The predicted molar refractivity (Wildman–Crippen MR) is 83.3 cm³/mol. The van der Waals surface area contributed by atoms with Crippen LogP contribution in [0.2, 0.25) is 0 Å². The van der Waals surface area contributed by atoms with E-state index in [2.05, 4.69) is 29.6 Å². The number of thioether (sulfide) groups is 1. The fourth-order valence-corrected chi connectivity index (χ4v) is 3.08. The van der Waals surface area contributed by atoms with E-state index in [4.69, 9.17) is 0 Å². The second-order valence-electron chi connectivity index (χ2n) is 5.08. The van der Waals surface area contributed by atoms with E-state index in [1.165, 1.54) is 16.0 Å². The van der Waals surface area contributed by atoms with E-state index in [-0.39, 0.29) is 11.9 Å². The van der Waals surface area contributed by atoms with Crippen molar-refractivity contribution in [2.45, 2.75) is 23.8 Å². The van der Waals surface area contributed by atoms with Crippen LogP contribution in [0.15, 0.2) is 53.4 Å². The van der Waals surface area contributed by atoms with Crippen molar-refractivity contribution in [2.24, 2.45) is 0 Å². The number of hydrogen-bond donors (Lipinski definition) is 1. The van der Waals surface area contributed by atoms with Crippen molar-refractivity contribution in [2.75, 3.05) is 6.26 Å². The minimum Gasteiger partial charge on any atom is -0.349 e. The van der Waals surface area contributed by atoms with Gasteiger partial charge in [0.15, 0.2) is 0 Å². The van der Waals surface area contributed by atoms with Gasteiger partial charge < -0.3 is 5.32 Å². The number of carbonyl (C=O) groups is 1. The third-order valence-electron chi connectivity index (χ3n) is 3.74. The molecule has 20 heavy (non-hydrogen) atoms. The summed E-state index contributed by atoms with van der Waals surface area (Å²) in [5, 5.41) is 3.13. The highest BCUT2D eigenvalue weighted by Gasteiger charge is 2.22. The molecule has 2 nitrogen and oxygen atoms in total. The van der Waals surface area contributed by atoms with Crippen LogP contribution in [0, 0.1) is 0 Å². The first-order valence-corrected chi connectivity index (χ1v) is 8.00. The first kappa shape index (κ1) is 13.3. The van der Waals surface area contributed by atoms with Crippen molar-refractivity contribution >= 4 is 17.7 Å². The van der Waals surface area contributed by atoms with Crippen molar-refractivity contribution in [3.63, 3.8) is 0 Å². The molecule has 3 heteroatoms. The van der Waals surface area contributed by atoms with Crippen LogP contribution in [0.4, 0.5) is 0 Å². The molecule has 0 fully saturated rings. The molecule has 1 N–H and O–H groups in total. The summed E-state index contributed by atoms with van der Waals surface area (Å²) in [6, 6.07) is 16.4. The number of carbonyl (C=O) groups excluding carboxylic acids is 1. The zero-order chi connectivity index (χ0) is 13.9. The van der Waals surface area contributed by atoms with E-state index in [1.54, 1.807) is 11.8 Å². The van der Waals surface area contributed by atoms with Crippen LogP contribution in [0.1, 0.15) is 21.5 Å². The van der Waals surface area contributed by atoms with Gasteiger partial charge >= 0.3 is 0 Å². The molecule has 0 heterocycles. The van der Waals surface area contributed by atoms with Gasteiger partial charge in [-0.15, -0.1) is 11.8 Å². The maximum absolute atomic E-state index is 12.2. The summed E-state index contributed by atoms with van der Waals surface area (Å²) in [4.78, 5) is 13.4. The molecule has 0 aliphatic heterocycles. The predicted octanol–water partition coefficient (Wildman–Crippen LogP) is 3.31. The molecule has 0 unspecified atom stereocenters. The molecule has 1 aliphatic carbocycles. The van der Waals surface area contributed by atoms with Gasteiger partial charge in [-0.3, -0.25) is 4.79 Å². The molecular formula is C17H17NOS. The Morgan fingerprint density at radius 1 is 1.05 bits per heavy atom. The molecule has 0 atom stereocenters. The summed E-state index contributed by atoms with van der Waals surface area (Å²) in [6.45, 7) is 0. The molecule has 0 spiro atoms. The molecule has 2 aromatic carbocycles. The fraction of sp³-hybridized carbons (Fsp3) is 0.235. The maximum atomic E-state index is 12.2. The van der Waals surface area contributed by atoms with E-state index in [0.717, 1.165) is 18.4 Å². The van der Waals surface area contributed by atoms with Crippen LogP contribution in [-0.2, 0) is 12.8 Å². The maximum Gasteiger partial charge on any atom is 0.251 e. The normalized spacial score (nSPS) is 14.1. The largest absolute Gasteiger partial charge is 0.349 e. The Kier molecular flexibility index (Phi) is 3.79. The molecule has 1 amide bonds. The number of hydrogen-bond acceptors (Lipinski definition) is 2. The van der Waals surface area contributed by atoms with E-state index < -0.39 is 0 Å². The Morgan fingerprint density at radius 2 is 1.65 bits per heavy atom. The SMILES string of the molecule is CSc1ccc(C(=O)NC2Cc3ccccc3C2)cc1. The van der Waals surface area contributed by atoms with Gasteiger partial charge in [0.05, 0.1) is 0 Å². The highest BCUT2D eigenvalue weighted by atomic mass is 32.2. The zero-order valence-electron chi connectivity index (χ0n) is 11.4. The van der Waals surface area contributed by atoms with Crippen molar-refractivity contribution in [1.29, 1.82) is 0 Å². The lowest BCUT2D eigenvalue weighted by molar-refractivity contribution is 0.0938. The van der Waals surface area contributed by atoms with Crippen LogP contribution in [-0.4, -0.2) is 18.2 Å². The second kappa shape index (κ2) is 5.71. The third-order valence-corrected chi connectivity index (χ3v) is 4.48. The Hall–Kier alpha value is -1.74. The lowest BCUT2D eigenvalue weighted by Crippen LogP contribution is -2.35. The molecule has 0 saturated carbocycles. The number of fused-ring (bicyclic) bond motifs is 1. The van der Waals surface area contributed by atoms with Crippen LogP contribution in [0.5, 0.6) is 0 Å². The lowest BCUT2D eigenvalue weighted by Gasteiger charge is -2.12. The molecule has 3 rings (SSSR count). The summed E-state index contributed by atoms with van der Waals surface area (Å²) in [7, 11) is 0. The molecule has 0 radical (unpaired) electrons. The second-order valence-corrected chi connectivity index (χ2v) is 5.96. The number of rotatable bonds is 3. The van der Waals surface area contributed by atoms with E-state index in [9.17, 15) is 4.79 Å². The third kappa shape index (κ3) is 2.73. The van der Waals surface area contributed by atoms with Gasteiger partial charge in [-0.05, 0) is 54.5 Å². The van der Waals surface area contributed by atoms with Gasteiger partial charge in [0.1, 0.15) is 0 Å². The van der Waals surface area contributed by atoms with Gasteiger partial charge in [0.25, 0.3) is 5.91 Å². The first-order valence-electron chi connectivity index (χ1n) is 6.78. The smallest absolute Gasteiger partial charge is 0.251 e. The van der Waals surface area contributed by atoms with Crippen LogP contribution >= 0.6 is 11.8 Å². The van der Waals surface area contributed by atoms with Gasteiger partial charge in [0.2, 0.25) is 0 Å². The first-order chi connectivity index (χ1) is 9.76. The minimum absolute atomic E-state index is 0.0236. The Labute approximate surface area is 123 Å². The van der Waals surface area contributed by atoms with Gasteiger partial charge in [-0.1, -0.05) is 24.3 Å². The molecule has 102 valence electrons. The van der Waals surface area contributed by atoms with Gasteiger partial charge in [-0.2, -0.15) is 0 Å². The summed E-state index contributed by atoms with van der Waals surface area (Å²) in [6.07, 6.45) is 3.90. The summed E-state index contributed by atoms with van der Waals surface area (Å²) in [5.74, 6) is 0.0236. The van der Waals surface area contributed by atoms with E-state index in [0.29, 0.717) is 0 Å². The van der Waals surface area contributed by atoms with Crippen molar-refractivity contribution < 1.29 is 4.79 Å². The van der Waals surface area contributed by atoms with Crippen LogP contribution < -0.4 is 5.32 Å². The van der Waals surface area contributed by atoms with Crippen molar-refractivity contribution in [1.82, 2.24) is 5.32 Å². The average molecular weight is 283 g/mol. The highest BCUT2D eigenvalue weighted by Crippen LogP contribution is 2.22. The molecular weight excluding hydrogens is 266 g/mol. The molecule has 0 aromatic heterocycles. The van der Waals surface area contributed by atoms with Crippen LogP contribution in [0.3, 0.4) is 0 Å². The molecule has 2 aromatic rings. The molecule has 1 aliphatic rings. The quantitative estimate of drug-likeness (QED) is 0.876. The topological polar surface area (TPSA) is 29.1 Å². The summed E-state index contributed by atoms with van der Waals surface area (Å²) in [5.41, 5.74) is 3.45. The number of benzene rings is 2. The van der Waals surface area contributed by atoms with Crippen molar-refractivity contribution in [3.8, 4) is 0 Å². The monoisotopic (exact) mass is 283 g/mol. The Bertz CT molecular complexity index is 596. The highest BCUT2D eigenvalue weighted by molar-refractivity contribution is 7.98. The fourth-order valence-electron chi connectivity index (χ4n) is 2.67. The van der Waals surface area contributed by atoms with Crippen molar-refractivity contribution in [3.05, 3.63) is 65.2 Å².